The highest BCUT2D eigenvalue weighted by atomic mass is 19.4. The number of halogens is 5. The maximum atomic E-state index is 13.6. The molecule has 2 N–H and O–H groups in total. The second-order valence-electron chi connectivity index (χ2n) is 7.23. The van der Waals surface area contributed by atoms with E-state index in [1.165, 1.54) is 0 Å². The summed E-state index contributed by atoms with van der Waals surface area (Å²) in [6, 6.07) is 6.42. The highest BCUT2D eigenvalue weighted by Gasteiger charge is 2.38. The van der Waals surface area contributed by atoms with Crippen molar-refractivity contribution in [2.75, 3.05) is 31.6 Å². The number of nitrogens with zero attached hydrogens (tertiary/aromatic N) is 2. The monoisotopic (exact) mass is 491 g/mol. The number of ether oxygens (including phenoxy) is 2. The lowest BCUT2D eigenvalue weighted by molar-refractivity contribution is -0.192. The number of hydrogen-bond acceptors (Lipinski definition) is 5. The van der Waals surface area contributed by atoms with E-state index >= 15 is 0 Å². The molecular weight excluding hydrogens is 469 g/mol. The fourth-order valence-electron chi connectivity index (χ4n) is 2.87. The van der Waals surface area contributed by atoms with E-state index in [4.69, 9.17) is 19.4 Å². The number of aromatic nitrogens is 1. The van der Waals surface area contributed by atoms with E-state index in [0.717, 1.165) is 29.5 Å². The van der Waals surface area contributed by atoms with Crippen LogP contribution < -0.4 is 10.1 Å². The summed E-state index contributed by atoms with van der Waals surface area (Å²) in [4.78, 5) is 27.2. The van der Waals surface area contributed by atoms with Crippen LogP contribution in [-0.4, -0.2) is 65.6 Å². The molecule has 3 rings (SSSR count). The van der Waals surface area contributed by atoms with Crippen LogP contribution in [0, 0.1) is 25.5 Å². The average molecular weight is 491 g/mol. The summed E-state index contributed by atoms with van der Waals surface area (Å²) in [5.41, 5.74) is 1.82. The Bertz CT molecular complexity index is 999. The molecule has 34 heavy (non-hydrogen) atoms. The van der Waals surface area contributed by atoms with Crippen molar-refractivity contribution in [1.82, 2.24) is 9.88 Å². The molecule has 13 heteroatoms. The van der Waals surface area contributed by atoms with Gasteiger partial charge in [-0.3, -0.25) is 5.32 Å². The van der Waals surface area contributed by atoms with Gasteiger partial charge in [0.05, 0.1) is 13.2 Å². The lowest BCUT2D eigenvalue weighted by Gasteiger charge is -2.32. The van der Waals surface area contributed by atoms with Crippen LogP contribution in [0.2, 0.25) is 0 Å². The Kier molecular flexibility index (Phi) is 9.12. The lowest BCUT2D eigenvalue weighted by Crippen LogP contribution is -2.49. The molecule has 2 amide bonds. The Labute approximate surface area is 191 Å². The molecule has 0 radical (unpaired) electrons. The van der Waals surface area contributed by atoms with Crippen molar-refractivity contribution < 1.29 is 46.1 Å². The zero-order chi connectivity index (χ0) is 25.5. The van der Waals surface area contributed by atoms with Crippen LogP contribution >= 0.6 is 0 Å². The molecule has 2 aromatic rings. The van der Waals surface area contributed by atoms with Crippen molar-refractivity contribution in [2.24, 2.45) is 0 Å². The highest BCUT2D eigenvalue weighted by Crippen LogP contribution is 2.19. The van der Waals surface area contributed by atoms with E-state index in [-0.39, 0.29) is 24.9 Å². The number of benzene rings is 1. The maximum Gasteiger partial charge on any atom is 0.490 e. The molecule has 0 spiro atoms. The van der Waals surface area contributed by atoms with Crippen LogP contribution in [0.25, 0.3) is 0 Å². The van der Waals surface area contributed by atoms with Gasteiger partial charge in [-0.05, 0) is 43.7 Å². The third kappa shape index (κ3) is 8.46. The van der Waals surface area contributed by atoms with Crippen LogP contribution in [0.3, 0.4) is 0 Å². The minimum absolute atomic E-state index is 0.00591. The number of carboxylic acid groups (broad SMARTS) is 1. The van der Waals surface area contributed by atoms with E-state index in [0.29, 0.717) is 19.0 Å². The van der Waals surface area contributed by atoms with E-state index in [9.17, 15) is 26.7 Å². The number of alkyl halides is 3. The average Bonchev–Trinajstić information content (AvgIpc) is 2.73. The number of carbonyl (C=O) groups excluding carboxylic acids is 1. The maximum absolute atomic E-state index is 13.6. The number of carbonyl (C=O) groups is 2. The lowest BCUT2D eigenvalue weighted by atomic mass is 10.2. The molecule has 0 aliphatic carbocycles. The van der Waals surface area contributed by atoms with Gasteiger partial charge in [-0.15, -0.1) is 0 Å². The molecule has 1 fully saturated rings. The number of rotatable bonds is 4. The second-order valence-corrected chi connectivity index (χ2v) is 7.23. The summed E-state index contributed by atoms with van der Waals surface area (Å²) >= 11 is 0. The predicted octanol–water partition coefficient (Wildman–Crippen LogP) is 3.92. The zero-order valence-corrected chi connectivity index (χ0v) is 18.2. The molecule has 1 aliphatic rings. The van der Waals surface area contributed by atoms with E-state index in [2.05, 4.69) is 10.3 Å². The van der Waals surface area contributed by atoms with E-state index in [1.54, 1.807) is 11.0 Å². The van der Waals surface area contributed by atoms with Crippen LogP contribution in [0.4, 0.5) is 32.6 Å². The summed E-state index contributed by atoms with van der Waals surface area (Å²) < 4.78 is 69.4. The smallest absolute Gasteiger partial charge is 0.488 e. The number of urea groups is 1. The normalized spacial score (nSPS) is 15.7. The molecule has 1 aromatic carbocycles. The number of aliphatic carboxylic acids is 1. The standard InChI is InChI=1S/C19H21F2N3O3.C2HF3O2/c1-12-7-13(2)22-18(8-12)23-19(25)24-5-6-26-15(10-24)11-27-17-9-14(20)3-4-16(17)21;3-2(4,5)1(6)7/h3-4,7-9,15H,5-6,10-11H2,1-2H3,(H,22,23,25);(H,6,7). The Hall–Kier alpha value is -3.48. The predicted molar refractivity (Wildman–Crippen MR) is 110 cm³/mol. The number of nitrogens with one attached hydrogen (secondary N) is 1. The van der Waals surface area contributed by atoms with Crippen molar-refractivity contribution in [1.29, 1.82) is 0 Å². The third-order valence-electron chi connectivity index (χ3n) is 4.32. The molecule has 1 aliphatic heterocycles. The first-order valence-electron chi connectivity index (χ1n) is 9.86. The Morgan fingerprint density at radius 3 is 2.53 bits per heavy atom. The first-order valence-corrected chi connectivity index (χ1v) is 9.86. The largest absolute Gasteiger partial charge is 0.490 e. The second kappa shape index (κ2) is 11.6. The first-order chi connectivity index (χ1) is 15.8. The topological polar surface area (TPSA) is 101 Å². The Balaban J connectivity index is 0.000000509. The fraction of sp³-hybridized carbons (Fsp3) is 0.381. The Morgan fingerprint density at radius 2 is 1.91 bits per heavy atom. The molecule has 2 heterocycles. The SMILES string of the molecule is Cc1cc(C)nc(NC(=O)N2CCOC(COc3cc(F)ccc3F)C2)c1.O=C(O)C(F)(F)F. The number of pyridine rings is 1. The number of amides is 2. The van der Waals surface area contributed by atoms with Crippen LogP contribution in [-0.2, 0) is 9.53 Å². The van der Waals surface area contributed by atoms with E-state index in [1.807, 2.05) is 19.9 Å². The number of morpholine rings is 1. The minimum atomic E-state index is -5.08. The van der Waals surface area contributed by atoms with Gasteiger partial charge >= 0.3 is 18.2 Å². The summed E-state index contributed by atoms with van der Waals surface area (Å²) in [6.45, 7) is 4.81. The van der Waals surface area contributed by atoms with Gasteiger partial charge in [0.1, 0.15) is 24.3 Å². The van der Waals surface area contributed by atoms with Gasteiger partial charge < -0.3 is 19.5 Å². The molecule has 1 aromatic heterocycles. The van der Waals surface area contributed by atoms with Gasteiger partial charge in [0.15, 0.2) is 11.6 Å². The molecule has 1 unspecified atom stereocenters. The van der Waals surface area contributed by atoms with Gasteiger partial charge in [-0.2, -0.15) is 13.2 Å². The third-order valence-corrected chi connectivity index (χ3v) is 4.32. The molecule has 8 nitrogen and oxygen atoms in total. The summed E-state index contributed by atoms with van der Waals surface area (Å²) in [5.74, 6) is -3.69. The van der Waals surface area contributed by atoms with Crippen LogP contribution in [0.1, 0.15) is 11.3 Å². The molecule has 186 valence electrons. The van der Waals surface area contributed by atoms with Crippen molar-refractivity contribution in [3.63, 3.8) is 0 Å². The summed E-state index contributed by atoms with van der Waals surface area (Å²) in [7, 11) is 0. The first kappa shape index (κ1) is 26.8. The van der Waals surface area contributed by atoms with Gasteiger partial charge in [0, 0.05) is 18.3 Å². The van der Waals surface area contributed by atoms with E-state index < -0.39 is 29.9 Å². The summed E-state index contributed by atoms with van der Waals surface area (Å²) in [6.07, 6.45) is -5.53. The van der Waals surface area contributed by atoms with Crippen molar-refractivity contribution in [3.8, 4) is 5.75 Å². The van der Waals surface area contributed by atoms with Gasteiger partial charge in [-0.1, -0.05) is 0 Å². The van der Waals surface area contributed by atoms with Crippen molar-refractivity contribution in [2.45, 2.75) is 26.1 Å². The molecule has 1 atom stereocenters. The highest BCUT2D eigenvalue weighted by molar-refractivity contribution is 5.88. The molecule has 0 saturated carbocycles. The fourth-order valence-corrected chi connectivity index (χ4v) is 2.87. The summed E-state index contributed by atoms with van der Waals surface area (Å²) in [5, 5.41) is 9.90. The number of hydrogen-bond donors (Lipinski definition) is 2. The van der Waals surface area contributed by atoms with Crippen molar-refractivity contribution >= 4 is 17.8 Å². The minimum Gasteiger partial charge on any atom is -0.488 e. The molecule has 1 saturated heterocycles. The molecular formula is C21H22F5N3O5. The van der Waals surface area contributed by atoms with Gasteiger partial charge in [0.2, 0.25) is 0 Å². The van der Waals surface area contributed by atoms with Gasteiger partial charge in [0.25, 0.3) is 0 Å². The van der Waals surface area contributed by atoms with Crippen molar-refractivity contribution in [3.05, 3.63) is 53.2 Å². The number of anilines is 1. The molecule has 0 bridgehead atoms. The Morgan fingerprint density at radius 1 is 1.24 bits per heavy atom. The number of carboxylic acids is 1. The number of aryl methyl sites for hydroxylation is 2. The van der Waals surface area contributed by atoms with Gasteiger partial charge in [-0.25, -0.2) is 23.4 Å². The quantitative estimate of drug-likeness (QED) is 0.629. The zero-order valence-electron chi connectivity index (χ0n) is 18.2. The van der Waals surface area contributed by atoms with Crippen LogP contribution in [0.15, 0.2) is 30.3 Å². The van der Waals surface area contributed by atoms with Crippen LogP contribution in [0.5, 0.6) is 5.75 Å².